The van der Waals surface area contributed by atoms with Crippen LogP contribution in [0.25, 0.3) is 6.08 Å². The lowest BCUT2D eigenvalue weighted by Gasteiger charge is -2.06. The lowest BCUT2D eigenvalue weighted by atomic mass is 10.2. The monoisotopic (exact) mass is 354 g/mol. The summed E-state index contributed by atoms with van der Waals surface area (Å²) in [4.78, 5) is 23.7. The average Bonchev–Trinajstić information content (AvgIpc) is 2.69. The van der Waals surface area contributed by atoms with Crippen LogP contribution in [0, 0.1) is 0 Å². The van der Waals surface area contributed by atoms with E-state index in [1.807, 2.05) is 6.07 Å². The topological polar surface area (TPSA) is 76.7 Å². The van der Waals surface area contributed by atoms with E-state index in [0.717, 1.165) is 5.56 Å². The molecule has 0 unspecified atom stereocenters. The molecule has 6 nitrogen and oxygen atoms in total. The van der Waals surface area contributed by atoms with Gasteiger partial charge in [0.2, 0.25) is 5.91 Å². The van der Waals surface area contributed by atoms with Gasteiger partial charge in [-0.25, -0.2) is 0 Å². The smallest absolute Gasteiger partial charge is 0.251 e. The molecule has 0 saturated carbocycles. The van der Waals surface area contributed by atoms with Crippen LogP contribution < -0.4 is 20.1 Å². The second-order valence-corrected chi connectivity index (χ2v) is 5.39. The first-order valence-corrected chi connectivity index (χ1v) is 8.14. The normalized spacial score (nSPS) is 10.4. The number of amides is 2. The summed E-state index contributed by atoms with van der Waals surface area (Å²) in [7, 11) is 3.14. The maximum absolute atomic E-state index is 11.9. The molecule has 26 heavy (non-hydrogen) atoms. The summed E-state index contributed by atoms with van der Waals surface area (Å²) in [5.41, 5.74) is 1.37. The molecule has 2 amide bonds. The van der Waals surface area contributed by atoms with Crippen molar-refractivity contribution in [2.75, 3.05) is 27.3 Å². The van der Waals surface area contributed by atoms with Gasteiger partial charge in [-0.2, -0.15) is 0 Å². The second kappa shape index (κ2) is 9.88. The lowest BCUT2D eigenvalue weighted by molar-refractivity contribution is -0.116. The molecule has 0 bridgehead atoms. The van der Waals surface area contributed by atoms with Crippen molar-refractivity contribution in [3.8, 4) is 11.5 Å². The maximum atomic E-state index is 11.9. The van der Waals surface area contributed by atoms with Gasteiger partial charge < -0.3 is 20.1 Å². The van der Waals surface area contributed by atoms with Gasteiger partial charge in [0.1, 0.15) is 11.5 Å². The predicted octanol–water partition coefficient (Wildman–Crippen LogP) is 2.26. The number of nitrogens with one attached hydrogen (secondary N) is 2. The Morgan fingerprint density at radius 3 is 2.15 bits per heavy atom. The Morgan fingerprint density at radius 1 is 0.923 bits per heavy atom. The van der Waals surface area contributed by atoms with Crippen molar-refractivity contribution in [2.24, 2.45) is 0 Å². The number of hydrogen-bond acceptors (Lipinski definition) is 4. The van der Waals surface area contributed by atoms with E-state index in [-0.39, 0.29) is 11.8 Å². The molecule has 2 aromatic carbocycles. The van der Waals surface area contributed by atoms with E-state index in [1.54, 1.807) is 62.8 Å². The van der Waals surface area contributed by atoms with Crippen LogP contribution in [0.1, 0.15) is 15.9 Å². The molecule has 136 valence electrons. The van der Waals surface area contributed by atoms with E-state index in [4.69, 9.17) is 9.47 Å². The molecule has 0 saturated heterocycles. The number of carbonyl (C=O) groups is 2. The zero-order valence-electron chi connectivity index (χ0n) is 14.8. The van der Waals surface area contributed by atoms with Gasteiger partial charge in [0.15, 0.2) is 0 Å². The molecule has 0 spiro atoms. The first-order valence-electron chi connectivity index (χ1n) is 8.14. The summed E-state index contributed by atoms with van der Waals surface area (Å²) in [6.45, 7) is 0.684. The average molecular weight is 354 g/mol. The molecule has 2 N–H and O–H groups in total. The minimum atomic E-state index is -0.249. The summed E-state index contributed by atoms with van der Waals surface area (Å²) in [5.74, 6) is 0.876. The molecule has 6 heteroatoms. The van der Waals surface area contributed by atoms with Crippen LogP contribution in [0.15, 0.2) is 54.6 Å². The van der Waals surface area contributed by atoms with Gasteiger partial charge in [-0.3, -0.25) is 9.59 Å². The highest BCUT2D eigenvalue weighted by molar-refractivity contribution is 5.94. The predicted molar refractivity (Wildman–Crippen MR) is 100 cm³/mol. The number of rotatable bonds is 8. The Bertz CT molecular complexity index is 750. The van der Waals surface area contributed by atoms with Gasteiger partial charge in [0.25, 0.3) is 5.91 Å². The van der Waals surface area contributed by atoms with Crippen molar-refractivity contribution in [1.29, 1.82) is 0 Å². The number of methoxy groups -OCH3 is 2. The third-order valence-corrected chi connectivity index (χ3v) is 3.55. The van der Waals surface area contributed by atoms with Crippen LogP contribution >= 0.6 is 0 Å². The van der Waals surface area contributed by atoms with Crippen molar-refractivity contribution in [3.63, 3.8) is 0 Å². The van der Waals surface area contributed by atoms with Crippen LogP contribution in [0.2, 0.25) is 0 Å². The minimum Gasteiger partial charge on any atom is -0.497 e. The number of benzene rings is 2. The third kappa shape index (κ3) is 5.98. The Kier molecular flexibility index (Phi) is 7.24. The van der Waals surface area contributed by atoms with Gasteiger partial charge in [-0.05, 0) is 35.9 Å². The molecule has 0 atom stereocenters. The highest BCUT2D eigenvalue weighted by Gasteiger charge is 2.03. The Labute approximate surface area is 152 Å². The quantitative estimate of drug-likeness (QED) is 0.563. The van der Waals surface area contributed by atoms with Gasteiger partial charge in [0, 0.05) is 30.8 Å². The first-order chi connectivity index (χ1) is 12.6. The summed E-state index contributed by atoms with van der Waals surface area (Å²) >= 11 is 0. The standard InChI is InChI=1S/C20H22N2O4/c1-25-17-12-15(13-18(14-17)26-2)8-9-19(23)21-10-11-22-20(24)16-6-4-3-5-7-16/h3-9,12-14H,10-11H2,1-2H3,(H,21,23)(H,22,24). The fraction of sp³-hybridized carbons (Fsp3) is 0.200. The van der Waals surface area contributed by atoms with E-state index in [2.05, 4.69) is 10.6 Å². The highest BCUT2D eigenvalue weighted by Crippen LogP contribution is 2.23. The summed E-state index contributed by atoms with van der Waals surface area (Å²) in [6, 6.07) is 14.3. The van der Waals surface area contributed by atoms with Crippen LogP contribution in [0.4, 0.5) is 0 Å². The molecular formula is C20H22N2O4. The first kappa shape index (κ1) is 19.1. The minimum absolute atomic E-state index is 0.168. The van der Waals surface area contributed by atoms with Crippen molar-refractivity contribution in [1.82, 2.24) is 10.6 Å². The summed E-state index contributed by atoms with van der Waals surface area (Å²) in [5, 5.41) is 5.46. The van der Waals surface area contributed by atoms with E-state index in [0.29, 0.717) is 30.2 Å². The molecule has 0 fully saturated rings. The SMILES string of the molecule is COc1cc(C=CC(=O)NCCNC(=O)c2ccccc2)cc(OC)c1. The molecule has 2 aromatic rings. The van der Waals surface area contributed by atoms with E-state index in [1.165, 1.54) is 6.08 Å². The number of ether oxygens (including phenoxy) is 2. The van der Waals surface area contributed by atoms with Crippen LogP contribution in [-0.2, 0) is 4.79 Å². The Hall–Kier alpha value is -3.28. The van der Waals surface area contributed by atoms with Crippen molar-refractivity contribution < 1.29 is 19.1 Å². The zero-order chi connectivity index (χ0) is 18.8. The molecule has 0 heterocycles. The Morgan fingerprint density at radius 2 is 1.54 bits per heavy atom. The molecule has 0 aliphatic carbocycles. The molecule has 0 aliphatic rings. The molecule has 0 aliphatic heterocycles. The largest absolute Gasteiger partial charge is 0.497 e. The van der Waals surface area contributed by atoms with Crippen molar-refractivity contribution in [3.05, 3.63) is 65.7 Å². The van der Waals surface area contributed by atoms with E-state index in [9.17, 15) is 9.59 Å². The maximum Gasteiger partial charge on any atom is 0.251 e. The van der Waals surface area contributed by atoms with Gasteiger partial charge in [-0.1, -0.05) is 18.2 Å². The lowest BCUT2D eigenvalue weighted by Crippen LogP contribution is -2.33. The highest BCUT2D eigenvalue weighted by atomic mass is 16.5. The van der Waals surface area contributed by atoms with Crippen LogP contribution in [0.5, 0.6) is 11.5 Å². The number of hydrogen-bond donors (Lipinski definition) is 2. The van der Waals surface area contributed by atoms with E-state index >= 15 is 0 Å². The molecular weight excluding hydrogens is 332 g/mol. The molecule has 0 radical (unpaired) electrons. The molecule has 2 rings (SSSR count). The zero-order valence-corrected chi connectivity index (χ0v) is 14.8. The Balaban J connectivity index is 1.78. The van der Waals surface area contributed by atoms with Gasteiger partial charge >= 0.3 is 0 Å². The van der Waals surface area contributed by atoms with Crippen LogP contribution in [-0.4, -0.2) is 39.1 Å². The van der Waals surface area contributed by atoms with Gasteiger partial charge in [-0.15, -0.1) is 0 Å². The second-order valence-electron chi connectivity index (χ2n) is 5.39. The summed E-state index contributed by atoms with van der Waals surface area (Å²) in [6.07, 6.45) is 3.09. The molecule has 0 aromatic heterocycles. The summed E-state index contributed by atoms with van der Waals surface area (Å²) < 4.78 is 10.4. The van der Waals surface area contributed by atoms with Crippen LogP contribution in [0.3, 0.4) is 0 Å². The number of carbonyl (C=O) groups excluding carboxylic acids is 2. The van der Waals surface area contributed by atoms with E-state index < -0.39 is 0 Å². The van der Waals surface area contributed by atoms with Gasteiger partial charge in [0.05, 0.1) is 14.2 Å². The third-order valence-electron chi connectivity index (χ3n) is 3.55. The fourth-order valence-electron chi connectivity index (χ4n) is 2.21. The fourth-order valence-corrected chi connectivity index (χ4v) is 2.21. The van der Waals surface area contributed by atoms with Crippen molar-refractivity contribution in [2.45, 2.75) is 0 Å². The van der Waals surface area contributed by atoms with Crippen molar-refractivity contribution >= 4 is 17.9 Å².